The Bertz CT molecular complexity index is 606. The van der Waals surface area contributed by atoms with Gasteiger partial charge in [-0.05, 0) is 18.7 Å². The maximum absolute atomic E-state index is 12.0. The minimum Gasteiger partial charge on any atom is -0.480 e. The second-order valence-corrected chi connectivity index (χ2v) is 6.67. The minimum atomic E-state index is -1.26. The molecule has 0 saturated carbocycles. The molecule has 1 saturated heterocycles. The number of hydrogen-bond acceptors (Lipinski definition) is 9. The summed E-state index contributed by atoms with van der Waals surface area (Å²) in [5.74, 6) is -2.70. The average molecular weight is 362 g/mol. The molecule has 0 aliphatic carbocycles. The lowest BCUT2D eigenvalue weighted by molar-refractivity contribution is -0.149. The van der Waals surface area contributed by atoms with E-state index in [1.807, 2.05) is 0 Å². The number of β-lactam (4-membered cyclic amide) rings is 1. The number of amides is 1. The number of nitrogens with zero attached hydrogens (tertiary/aromatic N) is 1. The molecule has 2 aliphatic rings. The van der Waals surface area contributed by atoms with E-state index in [9.17, 15) is 24.3 Å². The zero-order chi connectivity index (χ0) is 17.3. The maximum atomic E-state index is 12.0. The van der Waals surface area contributed by atoms with Crippen molar-refractivity contribution in [3.63, 3.8) is 0 Å². The standard InChI is InChI=1S/C12H14N2O7S2/c1-3-21-12(19)23-6-5(11(18)20-2)14-8(15)4(13)9(14)22-7(6)10(16)17/h4,7,9H,3,13H2,1-2H3,(H,16,17)/t4-,7?,9?/m1/s1. The lowest BCUT2D eigenvalue weighted by atomic mass is 10.1. The van der Waals surface area contributed by atoms with E-state index < -0.39 is 39.8 Å². The van der Waals surface area contributed by atoms with Gasteiger partial charge in [-0.2, -0.15) is 0 Å². The fourth-order valence-electron chi connectivity index (χ4n) is 2.12. The number of fused-ring (bicyclic) bond motifs is 1. The number of rotatable bonds is 4. The molecule has 0 radical (unpaired) electrons. The number of carboxylic acid groups (broad SMARTS) is 1. The first-order valence-corrected chi connectivity index (χ1v) is 8.23. The summed E-state index contributed by atoms with van der Waals surface area (Å²) in [6, 6.07) is -0.907. The second kappa shape index (κ2) is 6.81. The summed E-state index contributed by atoms with van der Waals surface area (Å²) in [7, 11) is 1.10. The summed E-state index contributed by atoms with van der Waals surface area (Å²) >= 11 is 1.34. The zero-order valence-electron chi connectivity index (χ0n) is 12.2. The van der Waals surface area contributed by atoms with Gasteiger partial charge in [-0.3, -0.25) is 14.5 Å². The molecular weight excluding hydrogens is 348 g/mol. The molecule has 1 fully saturated rings. The molecule has 2 heterocycles. The van der Waals surface area contributed by atoms with Crippen molar-refractivity contribution in [3.05, 3.63) is 10.6 Å². The van der Waals surface area contributed by atoms with Gasteiger partial charge in [-0.15, -0.1) is 11.8 Å². The van der Waals surface area contributed by atoms with Crippen LogP contribution in [0.15, 0.2) is 10.6 Å². The molecular formula is C12H14N2O7S2. The normalized spacial score (nSPS) is 26.3. The largest absolute Gasteiger partial charge is 0.480 e. The number of carboxylic acids is 1. The molecule has 0 aromatic carbocycles. The van der Waals surface area contributed by atoms with Crippen LogP contribution in [0.5, 0.6) is 0 Å². The number of methoxy groups -OCH3 is 1. The highest BCUT2D eigenvalue weighted by Crippen LogP contribution is 2.47. The van der Waals surface area contributed by atoms with Gasteiger partial charge in [0.15, 0.2) is 0 Å². The molecule has 1 amide bonds. The summed E-state index contributed by atoms with van der Waals surface area (Å²) in [6.45, 7) is 1.68. The molecule has 126 valence electrons. The van der Waals surface area contributed by atoms with Crippen LogP contribution < -0.4 is 5.73 Å². The third kappa shape index (κ3) is 3.03. The van der Waals surface area contributed by atoms with Gasteiger partial charge in [0, 0.05) is 0 Å². The van der Waals surface area contributed by atoms with Gasteiger partial charge in [0.2, 0.25) is 5.91 Å². The number of esters is 1. The molecule has 2 unspecified atom stereocenters. The number of carbonyl (C=O) groups excluding carboxylic acids is 3. The molecule has 3 atom stereocenters. The molecule has 9 nitrogen and oxygen atoms in total. The number of carbonyl (C=O) groups is 4. The third-order valence-corrected chi connectivity index (χ3v) is 5.71. The minimum absolute atomic E-state index is 0.0910. The Labute approximate surface area is 139 Å². The van der Waals surface area contributed by atoms with E-state index in [1.54, 1.807) is 6.92 Å². The van der Waals surface area contributed by atoms with Crippen molar-refractivity contribution < 1.29 is 33.8 Å². The topological polar surface area (TPSA) is 136 Å². The van der Waals surface area contributed by atoms with E-state index in [0.29, 0.717) is 11.8 Å². The SMILES string of the molecule is CCOC(=O)SC1=C(C(=O)OC)N2C(=O)[C@@H](N)C2SC1C(=O)O. The maximum Gasteiger partial charge on any atom is 0.371 e. The summed E-state index contributed by atoms with van der Waals surface area (Å²) in [4.78, 5) is 48.2. The molecule has 2 aliphatic heterocycles. The first-order valence-electron chi connectivity index (χ1n) is 6.47. The number of hydrogen-bond donors (Lipinski definition) is 2. The summed E-state index contributed by atoms with van der Waals surface area (Å²) < 4.78 is 9.40. The van der Waals surface area contributed by atoms with E-state index in [0.717, 1.165) is 23.8 Å². The highest BCUT2D eigenvalue weighted by Gasteiger charge is 2.56. The van der Waals surface area contributed by atoms with Gasteiger partial charge < -0.3 is 20.3 Å². The van der Waals surface area contributed by atoms with Crippen molar-refractivity contribution in [2.24, 2.45) is 5.73 Å². The number of nitrogens with two attached hydrogens (primary N) is 1. The first kappa shape index (κ1) is 17.6. The summed E-state index contributed by atoms with van der Waals surface area (Å²) in [5, 5.41) is 6.70. The molecule has 23 heavy (non-hydrogen) atoms. The van der Waals surface area contributed by atoms with Crippen molar-refractivity contribution in [1.82, 2.24) is 4.90 Å². The molecule has 0 spiro atoms. The Morgan fingerprint density at radius 2 is 2.09 bits per heavy atom. The van der Waals surface area contributed by atoms with Gasteiger partial charge in [0.25, 0.3) is 0 Å². The molecule has 0 aromatic heterocycles. The van der Waals surface area contributed by atoms with Crippen molar-refractivity contribution in [3.8, 4) is 0 Å². The van der Waals surface area contributed by atoms with Gasteiger partial charge in [-0.25, -0.2) is 9.59 Å². The number of thioether (sulfide) groups is 2. The quantitative estimate of drug-likeness (QED) is 0.517. The number of ether oxygens (including phenoxy) is 2. The Morgan fingerprint density at radius 3 is 2.61 bits per heavy atom. The number of aliphatic carboxylic acids is 1. The molecule has 2 rings (SSSR count). The average Bonchev–Trinajstić information content (AvgIpc) is 2.52. The van der Waals surface area contributed by atoms with Gasteiger partial charge in [0.05, 0.1) is 18.6 Å². The van der Waals surface area contributed by atoms with Crippen molar-refractivity contribution in [2.75, 3.05) is 13.7 Å². The van der Waals surface area contributed by atoms with Crippen LogP contribution in [-0.4, -0.2) is 63.5 Å². The van der Waals surface area contributed by atoms with E-state index in [2.05, 4.69) is 4.74 Å². The van der Waals surface area contributed by atoms with Crippen molar-refractivity contribution in [1.29, 1.82) is 0 Å². The highest BCUT2D eigenvalue weighted by atomic mass is 32.2. The third-order valence-electron chi connectivity index (χ3n) is 3.13. The van der Waals surface area contributed by atoms with Crippen LogP contribution >= 0.6 is 23.5 Å². The summed E-state index contributed by atoms with van der Waals surface area (Å²) in [6.07, 6.45) is 0. The van der Waals surface area contributed by atoms with Crippen molar-refractivity contribution >= 4 is 46.7 Å². The van der Waals surface area contributed by atoms with Gasteiger partial charge in [-0.1, -0.05) is 0 Å². The monoisotopic (exact) mass is 362 g/mol. The smallest absolute Gasteiger partial charge is 0.371 e. The van der Waals surface area contributed by atoms with E-state index in [-0.39, 0.29) is 17.2 Å². The van der Waals surface area contributed by atoms with Crippen LogP contribution in [0.3, 0.4) is 0 Å². The van der Waals surface area contributed by atoms with Crippen LogP contribution in [0.4, 0.5) is 4.79 Å². The van der Waals surface area contributed by atoms with Crippen LogP contribution in [-0.2, 0) is 23.9 Å². The predicted molar refractivity (Wildman–Crippen MR) is 81.3 cm³/mol. The lowest BCUT2D eigenvalue weighted by Crippen LogP contribution is -2.69. The van der Waals surface area contributed by atoms with E-state index in [4.69, 9.17) is 10.5 Å². The van der Waals surface area contributed by atoms with Crippen LogP contribution in [0.2, 0.25) is 0 Å². The second-order valence-electron chi connectivity index (χ2n) is 4.47. The predicted octanol–water partition coefficient (Wildman–Crippen LogP) is -0.0437. The Hall–Kier alpha value is -1.72. The summed E-state index contributed by atoms with van der Waals surface area (Å²) in [5.41, 5.74) is 5.39. The van der Waals surface area contributed by atoms with E-state index >= 15 is 0 Å². The Kier molecular flexibility index (Phi) is 5.22. The highest BCUT2D eigenvalue weighted by molar-refractivity contribution is 8.17. The Balaban J connectivity index is 2.50. The molecule has 0 aromatic rings. The van der Waals surface area contributed by atoms with Crippen LogP contribution in [0, 0.1) is 0 Å². The fraction of sp³-hybridized carbons (Fsp3) is 0.500. The lowest BCUT2D eigenvalue weighted by Gasteiger charge is -2.49. The van der Waals surface area contributed by atoms with Crippen LogP contribution in [0.1, 0.15) is 6.92 Å². The zero-order valence-corrected chi connectivity index (χ0v) is 13.8. The van der Waals surface area contributed by atoms with Crippen molar-refractivity contribution in [2.45, 2.75) is 23.6 Å². The van der Waals surface area contributed by atoms with E-state index in [1.165, 1.54) is 0 Å². The molecule has 0 bridgehead atoms. The Morgan fingerprint density at radius 1 is 1.43 bits per heavy atom. The van der Waals surface area contributed by atoms with Gasteiger partial charge >= 0.3 is 17.2 Å². The molecule has 11 heteroatoms. The first-order chi connectivity index (χ1) is 10.8. The van der Waals surface area contributed by atoms with Crippen LogP contribution in [0.25, 0.3) is 0 Å². The molecule has 3 N–H and O–H groups in total. The fourth-order valence-corrected chi connectivity index (χ4v) is 4.52. The van der Waals surface area contributed by atoms with Gasteiger partial charge in [0.1, 0.15) is 22.4 Å².